The van der Waals surface area contributed by atoms with Crippen molar-refractivity contribution >= 4 is 51.1 Å². The van der Waals surface area contributed by atoms with E-state index in [1.165, 1.54) is 6.07 Å². The number of thiol groups is 1. The van der Waals surface area contributed by atoms with E-state index in [0.29, 0.717) is 18.7 Å². The summed E-state index contributed by atoms with van der Waals surface area (Å²) >= 11 is 4.23. The van der Waals surface area contributed by atoms with Crippen LogP contribution in [0.15, 0.2) is 71.6 Å². The van der Waals surface area contributed by atoms with Crippen LogP contribution in [0.1, 0.15) is 30.4 Å². The summed E-state index contributed by atoms with van der Waals surface area (Å²) in [4.78, 5) is 28.6. The van der Waals surface area contributed by atoms with Crippen LogP contribution in [0.25, 0.3) is 10.8 Å². The summed E-state index contributed by atoms with van der Waals surface area (Å²) in [6.07, 6.45) is 3.04. The molecule has 1 fully saturated rings. The molecule has 1 aliphatic rings. The second kappa shape index (κ2) is 12.6. The lowest BCUT2D eigenvalue weighted by Crippen LogP contribution is -2.56. The smallest absolute Gasteiger partial charge is 0.245 e. The minimum absolute atomic E-state index is 0.0345. The van der Waals surface area contributed by atoms with Crippen LogP contribution in [0.3, 0.4) is 0 Å². The Kier molecular flexibility index (Phi) is 9.26. The summed E-state index contributed by atoms with van der Waals surface area (Å²) in [5.41, 5.74) is 6.88. The van der Waals surface area contributed by atoms with Crippen LogP contribution < -0.4 is 15.8 Å². The third-order valence-electron chi connectivity index (χ3n) is 6.81. The highest BCUT2D eigenvalue weighted by atomic mass is 32.2. The van der Waals surface area contributed by atoms with Crippen molar-refractivity contribution in [3.63, 3.8) is 0 Å². The van der Waals surface area contributed by atoms with Gasteiger partial charge in [-0.15, -0.1) is 0 Å². The number of hydrogen-bond acceptors (Lipinski definition) is 6. The summed E-state index contributed by atoms with van der Waals surface area (Å²) in [6.45, 7) is 1.22. The number of carbonyl (C=O) groups excluding carboxylic acids is 2. The van der Waals surface area contributed by atoms with Gasteiger partial charge in [0.05, 0.1) is 4.90 Å². The summed E-state index contributed by atoms with van der Waals surface area (Å²) in [7, 11) is -4.04. The molecule has 2 atom stereocenters. The molecule has 0 unspecified atom stereocenters. The number of rotatable bonds is 10. The Balaban J connectivity index is 1.52. The molecule has 1 aliphatic heterocycles. The maximum absolute atomic E-state index is 13.5. The largest absolute Gasteiger partial charge is 0.384 e. The molecule has 2 amide bonds. The fourth-order valence-corrected chi connectivity index (χ4v) is 6.24. The third-order valence-corrected chi connectivity index (χ3v) is 8.65. The maximum atomic E-state index is 13.5. The van der Waals surface area contributed by atoms with Crippen LogP contribution in [0.5, 0.6) is 0 Å². The molecule has 1 heterocycles. The molecule has 3 aromatic rings. The van der Waals surface area contributed by atoms with Crippen molar-refractivity contribution in [3.8, 4) is 0 Å². The number of carbonyl (C=O) groups is 2. The van der Waals surface area contributed by atoms with Gasteiger partial charge in [-0.05, 0) is 47.7 Å². The van der Waals surface area contributed by atoms with Crippen LogP contribution in [-0.4, -0.2) is 61.9 Å². The maximum Gasteiger partial charge on any atom is 0.245 e. The number of amidine groups is 1. The second-order valence-electron chi connectivity index (χ2n) is 9.63. The molecule has 39 heavy (non-hydrogen) atoms. The number of sulfonamides is 1. The van der Waals surface area contributed by atoms with Gasteiger partial charge >= 0.3 is 0 Å². The molecule has 1 saturated heterocycles. The number of nitrogens with zero attached hydrogens (tertiary/aromatic N) is 1. The highest BCUT2D eigenvalue weighted by Gasteiger charge is 2.31. The Bertz CT molecular complexity index is 1450. The number of fused-ring (bicyclic) bond motifs is 1. The monoisotopic (exact) mass is 567 g/mol. The Morgan fingerprint density at radius 3 is 2.26 bits per heavy atom. The van der Waals surface area contributed by atoms with Crippen LogP contribution in [0.4, 0.5) is 0 Å². The third kappa shape index (κ3) is 7.17. The zero-order valence-electron chi connectivity index (χ0n) is 21.5. The van der Waals surface area contributed by atoms with E-state index < -0.39 is 28.0 Å². The highest BCUT2D eigenvalue weighted by molar-refractivity contribution is 7.89. The topological polar surface area (TPSA) is 145 Å². The lowest BCUT2D eigenvalue weighted by molar-refractivity contribution is -0.137. The van der Waals surface area contributed by atoms with Gasteiger partial charge in [-0.25, -0.2) is 8.42 Å². The molecule has 0 saturated carbocycles. The molecule has 5 N–H and O–H groups in total. The molecule has 0 radical (unpaired) electrons. The molecule has 0 spiro atoms. The van der Waals surface area contributed by atoms with E-state index in [4.69, 9.17) is 11.1 Å². The van der Waals surface area contributed by atoms with Crippen molar-refractivity contribution in [3.05, 3.63) is 77.9 Å². The lowest BCUT2D eigenvalue weighted by Gasteiger charge is -2.31. The van der Waals surface area contributed by atoms with Gasteiger partial charge in [0.15, 0.2) is 0 Å². The zero-order chi connectivity index (χ0) is 28.0. The normalized spacial score (nSPS) is 15.5. The fraction of sp³-hybridized carbons (Fsp3) is 0.321. The zero-order valence-corrected chi connectivity index (χ0v) is 23.2. The van der Waals surface area contributed by atoms with Gasteiger partial charge in [0.1, 0.15) is 17.9 Å². The predicted molar refractivity (Wildman–Crippen MR) is 155 cm³/mol. The second-order valence-corrected chi connectivity index (χ2v) is 11.7. The van der Waals surface area contributed by atoms with Crippen molar-refractivity contribution < 1.29 is 18.0 Å². The molecular formula is C28H33N5O4S2. The van der Waals surface area contributed by atoms with Crippen molar-refractivity contribution in [2.75, 3.05) is 18.8 Å². The van der Waals surface area contributed by atoms with Crippen molar-refractivity contribution in [2.45, 2.75) is 42.7 Å². The Hall–Kier alpha value is -3.41. The number of hydrogen-bond donors (Lipinski definition) is 5. The fourth-order valence-electron chi connectivity index (χ4n) is 4.63. The number of piperidine rings is 1. The van der Waals surface area contributed by atoms with Crippen LogP contribution in [0, 0.1) is 5.41 Å². The predicted octanol–water partition coefficient (Wildman–Crippen LogP) is 2.44. The summed E-state index contributed by atoms with van der Waals surface area (Å²) in [5.74, 6) is -1.01. The van der Waals surface area contributed by atoms with Gasteiger partial charge in [0.2, 0.25) is 21.8 Å². The van der Waals surface area contributed by atoms with Gasteiger partial charge in [-0.2, -0.15) is 17.4 Å². The molecule has 3 aromatic carbocycles. The van der Waals surface area contributed by atoms with E-state index >= 15 is 0 Å². The minimum Gasteiger partial charge on any atom is -0.384 e. The SMILES string of the molecule is N=C(N)c1ccc(C[C@@H](NC(=O)[C@H](CS)NS(=O)(=O)c2ccc3ccccc3c2)C(=O)N2CCCCC2)cc1. The van der Waals surface area contributed by atoms with E-state index in [9.17, 15) is 18.0 Å². The number of nitrogens with one attached hydrogen (secondary N) is 3. The average Bonchev–Trinajstić information content (AvgIpc) is 2.95. The molecule has 11 heteroatoms. The quantitative estimate of drug-likeness (QED) is 0.145. The Labute approximate surface area is 234 Å². The van der Waals surface area contributed by atoms with Crippen molar-refractivity contribution in [1.82, 2.24) is 14.9 Å². The molecule has 4 rings (SSSR count). The molecule has 0 bridgehead atoms. The average molecular weight is 568 g/mol. The first-order valence-corrected chi connectivity index (χ1v) is 14.9. The number of nitrogen functional groups attached to an aromatic ring is 1. The lowest BCUT2D eigenvalue weighted by atomic mass is 10.0. The first-order chi connectivity index (χ1) is 18.7. The van der Waals surface area contributed by atoms with Gasteiger partial charge in [0.25, 0.3) is 0 Å². The first-order valence-electron chi connectivity index (χ1n) is 12.8. The number of amides is 2. The van der Waals surface area contributed by atoms with Gasteiger partial charge in [-0.3, -0.25) is 15.0 Å². The van der Waals surface area contributed by atoms with E-state index in [0.717, 1.165) is 35.6 Å². The van der Waals surface area contributed by atoms with Gasteiger partial charge < -0.3 is 16.0 Å². The van der Waals surface area contributed by atoms with Crippen LogP contribution >= 0.6 is 12.6 Å². The van der Waals surface area contributed by atoms with E-state index in [-0.39, 0.29) is 28.8 Å². The standard InChI is InChI=1S/C28H33N5O4S2/c29-26(30)21-10-8-19(9-11-21)16-24(28(35)33-14-4-1-5-15-33)31-27(34)25(18-38)32-39(36,37)23-13-12-20-6-2-3-7-22(20)17-23/h2-3,6-13,17,24-25,32,38H,1,4-5,14-16,18H2,(H3,29,30)(H,31,34)/t24-,25+/m1/s1. The van der Waals surface area contributed by atoms with E-state index in [1.807, 2.05) is 24.3 Å². The van der Waals surface area contributed by atoms with Crippen molar-refractivity contribution in [2.24, 2.45) is 5.73 Å². The molecule has 206 valence electrons. The van der Waals surface area contributed by atoms with Crippen LogP contribution in [-0.2, 0) is 26.0 Å². The number of benzene rings is 3. The Morgan fingerprint density at radius 1 is 0.949 bits per heavy atom. The van der Waals surface area contributed by atoms with Crippen LogP contribution in [0.2, 0.25) is 0 Å². The van der Waals surface area contributed by atoms with Crippen molar-refractivity contribution in [1.29, 1.82) is 5.41 Å². The summed E-state index contributed by atoms with van der Waals surface area (Å²) in [6, 6.07) is 17.0. The van der Waals surface area contributed by atoms with Gasteiger partial charge in [0, 0.05) is 30.8 Å². The van der Waals surface area contributed by atoms with E-state index in [1.54, 1.807) is 41.3 Å². The first kappa shape index (κ1) is 28.6. The molecular weight excluding hydrogens is 534 g/mol. The molecule has 0 aromatic heterocycles. The number of likely N-dealkylation sites (tertiary alicyclic amines) is 1. The molecule has 9 nitrogen and oxygen atoms in total. The summed E-state index contributed by atoms with van der Waals surface area (Å²) in [5, 5.41) is 12.0. The number of nitrogens with two attached hydrogens (primary N) is 1. The Morgan fingerprint density at radius 2 is 1.62 bits per heavy atom. The minimum atomic E-state index is -4.04. The molecule has 0 aliphatic carbocycles. The summed E-state index contributed by atoms with van der Waals surface area (Å²) < 4.78 is 28.8. The van der Waals surface area contributed by atoms with E-state index in [2.05, 4.69) is 22.7 Å². The highest BCUT2D eigenvalue weighted by Crippen LogP contribution is 2.19. The van der Waals surface area contributed by atoms with Gasteiger partial charge in [-0.1, -0.05) is 54.6 Å².